The third-order valence-electron chi connectivity index (χ3n) is 3.37. The van der Waals surface area contributed by atoms with Gasteiger partial charge in [0.1, 0.15) is 0 Å². The molecule has 0 aliphatic carbocycles. The van der Waals surface area contributed by atoms with E-state index in [1.54, 1.807) is 18.2 Å². The van der Waals surface area contributed by atoms with Crippen LogP contribution in [0.25, 0.3) is 0 Å². The van der Waals surface area contributed by atoms with E-state index < -0.39 is 0 Å². The third kappa shape index (κ3) is 3.47. The zero-order chi connectivity index (χ0) is 13.1. The van der Waals surface area contributed by atoms with Crippen molar-refractivity contribution in [2.75, 3.05) is 0 Å². The number of benzene rings is 1. The molecular weight excluding hydrogens is 269 g/mol. The van der Waals surface area contributed by atoms with Gasteiger partial charge in [0, 0.05) is 29.1 Å². The lowest BCUT2D eigenvalue weighted by Crippen LogP contribution is -2.41. The van der Waals surface area contributed by atoms with E-state index in [0.29, 0.717) is 28.1 Å². The molecule has 1 aliphatic heterocycles. The summed E-state index contributed by atoms with van der Waals surface area (Å²) in [4.78, 5) is 12.2. The van der Waals surface area contributed by atoms with Gasteiger partial charge in [-0.2, -0.15) is 0 Å². The summed E-state index contributed by atoms with van der Waals surface area (Å²) in [6.07, 6.45) is 3.90. The molecule has 98 valence electrons. The zero-order valence-electron chi connectivity index (χ0n) is 10.4. The predicted molar refractivity (Wildman–Crippen MR) is 75.6 cm³/mol. The number of hydrogen-bond donors (Lipinski definition) is 1. The Morgan fingerprint density at radius 2 is 2.17 bits per heavy atom. The molecular formula is C14H17Cl2NO. The number of carbonyl (C=O) groups excluding carboxylic acids is 1. The molecule has 1 saturated heterocycles. The summed E-state index contributed by atoms with van der Waals surface area (Å²) in [7, 11) is 0. The summed E-state index contributed by atoms with van der Waals surface area (Å²) in [5, 5.41) is 4.48. The van der Waals surface area contributed by atoms with E-state index in [4.69, 9.17) is 23.2 Å². The molecule has 1 N–H and O–H groups in total. The topological polar surface area (TPSA) is 29.1 Å². The van der Waals surface area contributed by atoms with Crippen LogP contribution in [0.15, 0.2) is 18.2 Å². The second-order valence-corrected chi connectivity index (χ2v) is 5.79. The van der Waals surface area contributed by atoms with Crippen molar-refractivity contribution in [1.29, 1.82) is 0 Å². The van der Waals surface area contributed by atoms with Crippen molar-refractivity contribution in [3.05, 3.63) is 33.8 Å². The van der Waals surface area contributed by atoms with Crippen LogP contribution in [-0.4, -0.2) is 17.9 Å². The Morgan fingerprint density at radius 1 is 1.39 bits per heavy atom. The van der Waals surface area contributed by atoms with Gasteiger partial charge in [-0.3, -0.25) is 4.79 Å². The Hall–Kier alpha value is -0.570. The van der Waals surface area contributed by atoms with Gasteiger partial charge in [-0.05, 0) is 38.0 Å². The van der Waals surface area contributed by atoms with Crippen LogP contribution in [0.2, 0.25) is 10.0 Å². The Balaban J connectivity index is 2.05. The molecule has 0 aromatic heterocycles. The van der Waals surface area contributed by atoms with Crippen LogP contribution in [0.1, 0.15) is 43.0 Å². The first-order chi connectivity index (χ1) is 8.56. The zero-order valence-corrected chi connectivity index (χ0v) is 11.9. The largest absolute Gasteiger partial charge is 0.311 e. The van der Waals surface area contributed by atoms with Gasteiger partial charge in [0.15, 0.2) is 5.78 Å². The van der Waals surface area contributed by atoms with Crippen molar-refractivity contribution in [1.82, 2.24) is 5.32 Å². The Kier molecular flexibility index (Phi) is 4.66. The van der Waals surface area contributed by atoms with Gasteiger partial charge in [0.2, 0.25) is 0 Å². The molecule has 2 nitrogen and oxygen atoms in total. The summed E-state index contributed by atoms with van der Waals surface area (Å²) < 4.78 is 0. The molecule has 0 amide bonds. The first-order valence-electron chi connectivity index (χ1n) is 6.30. The maximum Gasteiger partial charge on any atom is 0.165 e. The monoisotopic (exact) mass is 285 g/mol. The molecule has 4 heteroatoms. The molecule has 2 atom stereocenters. The maximum absolute atomic E-state index is 12.2. The van der Waals surface area contributed by atoms with E-state index in [-0.39, 0.29) is 11.8 Å². The summed E-state index contributed by atoms with van der Waals surface area (Å²) >= 11 is 11.9. The second-order valence-electron chi connectivity index (χ2n) is 4.95. The number of rotatable bonds is 3. The fraction of sp³-hybridized carbons (Fsp3) is 0.500. The van der Waals surface area contributed by atoms with Gasteiger partial charge in [-0.1, -0.05) is 29.6 Å². The molecule has 1 aliphatic rings. The molecule has 0 saturated carbocycles. The van der Waals surface area contributed by atoms with Crippen molar-refractivity contribution in [2.45, 2.75) is 44.7 Å². The minimum atomic E-state index is 0.0640. The Labute approximate surface area is 118 Å². The third-order valence-corrected chi connectivity index (χ3v) is 3.94. The molecule has 18 heavy (non-hydrogen) atoms. The number of nitrogens with one attached hydrogen (secondary N) is 1. The van der Waals surface area contributed by atoms with Crippen LogP contribution >= 0.6 is 23.2 Å². The standard InChI is InChI=1S/C14H17Cl2NO/c1-9-3-2-4-11(17-9)8-14(18)12-7-10(15)5-6-13(12)16/h5-7,9,11,17H,2-4,8H2,1H3. The van der Waals surface area contributed by atoms with Crippen LogP contribution in [0.3, 0.4) is 0 Å². The van der Waals surface area contributed by atoms with Gasteiger partial charge in [0.25, 0.3) is 0 Å². The molecule has 1 fully saturated rings. The highest BCUT2D eigenvalue weighted by atomic mass is 35.5. The number of carbonyl (C=O) groups is 1. The van der Waals surface area contributed by atoms with Gasteiger partial charge in [-0.25, -0.2) is 0 Å². The van der Waals surface area contributed by atoms with Crippen molar-refractivity contribution in [3.8, 4) is 0 Å². The number of halogens is 2. The summed E-state index contributed by atoms with van der Waals surface area (Å²) in [6, 6.07) is 5.77. The van der Waals surface area contributed by atoms with E-state index in [0.717, 1.165) is 6.42 Å². The quantitative estimate of drug-likeness (QED) is 0.848. The molecule has 1 heterocycles. The first-order valence-corrected chi connectivity index (χ1v) is 7.06. The lowest BCUT2D eigenvalue weighted by Gasteiger charge is -2.28. The summed E-state index contributed by atoms with van der Waals surface area (Å²) in [5.74, 6) is 0.0640. The van der Waals surface area contributed by atoms with Gasteiger partial charge < -0.3 is 5.32 Å². The van der Waals surface area contributed by atoms with Crippen molar-refractivity contribution in [2.24, 2.45) is 0 Å². The van der Waals surface area contributed by atoms with Gasteiger partial charge >= 0.3 is 0 Å². The van der Waals surface area contributed by atoms with Crippen LogP contribution in [0, 0.1) is 0 Å². The summed E-state index contributed by atoms with van der Waals surface area (Å²) in [6.45, 7) is 2.16. The molecule has 0 spiro atoms. The summed E-state index contributed by atoms with van der Waals surface area (Å²) in [5.41, 5.74) is 0.532. The van der Waals surface area contributed by atoms with E-state index in [1.807, 2.05) is 0 Å². The number of hydrogen-bond acceptors (Lipinski definition) is 2. The van der Waals surface area contributed by atoms with Crippen LogP contribution < -0.4 is 5.32 Å². The van der Waals surface area contributed by atoms with E-state index in [1.165, 1.54) is 12.8 Å². The first kappa shape index (κ1) is 13.9. The molecule has 2 unspecified atom stereocenters. The van der Waals surface area contributed by atoms with Crippen molar-refractivity contribution >= 4 is 29.0 Å². The predicted octanol–water partition coefficient (Wildman–Crippen LogP) is 4.10. The van der Waals surface area contributed by atoms with Crippen LogP contribution in [0.5, 0.6) is 0 Å². The minimum Gasteiger partial charge on any atom is -0.311 e. The fourth-order valence-corrected chi connectivity index (χ4v) is 2.84. The Bertz CT molecular complexity index is 447. The Morgan fingerprint density at radius 3 is 2.89 bits per heavy atom. The van der Waals surface area contributed by atoms with Gasteiger partial charge in [-0.15, -0.1) is 0 Å². The van der Waals surface area contributed by atoms with Crippen molar-refractivity contribution < 1.29 is 4.79 Å². The van der Waals surface area contributed by atoms with E-state index in [9.17, 15) is 4.79 Å². The highest BCUT2D eigenvalue weighted by molar-refractivity contribution is 6.35. The molecule has 1 aromatic carbocycles. The average Bonchev–Trinajstić information content (AvgIpc) is 2.32. The molecule has 0 radical (unpaired) electrons. The van der Waals surface area contributed by atoms with Crippen LogP contribution in [0.4, 0.5) is 0 Å². The van der Waals surface area contributed by atoms with Crippen LogP contribution in [-0.2, 0) is 0 Å². The normalized spacial score (nSPS) is 23.9. The lowest BCUT2D eigenvalue weighted by molar-refractivity contribution is 0.0960. The molecule has 2 rings (SSSR count). The number of piperidine rings is 1. The number of ketones is 1. The fourth-order valence-electron chi connectivity index (χ4n) is 2.45. The smallest absolute Gasteiger partial charge is 0.165 e. The maximum atomic E-state index is 12.2. The second kappa shape index (κ2) is 6.05. The average molecular weight is 286 g/mol. The van der Waals surface area contributed by atoms with Gasteiger partial charge in [0.05, 0.1) is 5.02 Å². The highest BCUT2D eigenvalue weighted by Gasteiger charge is 2.22. The van der Waals surface area contributed by atoms with Crippen molar-refractivity contribution in [3.63, 3.8) is 0 Å². The van der Waals surface area contributed by atoms with E-state index in [2.05, 4.69) is 12.2 Å². The lowest BCUT2D eigenvalue weighted by atomic mass is 9.94. The minimum absolute atomic E-state index is 0.0640. The number of Topliss-reactive ketones (excluding diaryl/α,β-unsaturated/α-hetero) is 1. The SMILES string of the molecule is CC1CCCC(CC(=O)c2cc(Cl)ccc2Cl)N1. The highest BCUT2D eigenvalue weighted by Crippen LogP contribution is 2.24. The molecule has 0 bridgehead atoms. The van der Waals surface area contributed by atoms with E-state index >= 15 is 0 Å². The molecule has 1 aromatic rings.